The van der Waals surface area contributed by atoms with Gasteiger partial charge in [0, 0.05) is 18.8 Å². The molecule has 0 heterocycles. The largest absolute Gasteiger partial charge is 0.481 e. The van der Waals surface area contributed by atoms with Crippen LogP contribution in [0, 0.1) is 17.7 Å². The van der Waals surface area contributed by atoms with Gasteiger partial charge in [-0.1, -0.05) is 37.5 Å². The molecule has 26 heavy (non-hydrogen) atoms. The van der Waals surface area contributed by atoms with Crippen LogP contribution >= 0.6 is 0 Å². The summed E-state index contributed by atoms with van der Waals surface area (Å²) in [7, 11) is 0. The summed E-state index contributed by atoms with van der Waals surface area (Å²) >= 11 is 0. The SMILES string of the molecule is O=C(O)CCCCCCC1C(=O)CCC1/C=C/C(=O)c1ccccc1F. The van der Waals surface area contributed by atoms with Crippen molar-refractivity contribution in [2.24, 2.45) is 11.8 Å². The van der Waals surface area contributed by atoms with Crippen LogP contribution in [0.3, 0.4) is 0 Å². The Labute approximate surface area is 153 Å². The van der Waals surface area contributed by atoms with Gasteiger partial charge in [-0.25, -0.2) is 4.39 Å². The van der Waals surface area contributed by atoms with Crippen molar-refractivity contribution < 1.29 is 23.9 Å². The van der Waals surface area contributed by atoms with Gasteiger partial charge in [0.15, 0.2) is 5.78 Å². The molecule has 0 aromatic heterocycles. The first-order valence-electron chi connectivity index (χ1n) is 9.20. The number of carboxylic acids is 1. The van der Waals surface area contributed by atoms with E-state index >= 15 is 0 Å². The van der Waals surface area contributed by atoms with E-state index in [4.69, 9.17) is 5.11 Å². The number of rotatable bonds is 10. The quantitative estimate of drug-likeness (QED) is 0.376. The molecule has 1 saturated carbocycles. The zero-order chi connectivity index (χ0) is 18.9. The summed E-state index contributed by atoms with van der Waals surface area (Å²) in [5.41, 5.74) is 0.0445. The van der Waals surface area contributed by atoms with E-state index in [0.717, 1.165) is 32.1 Å². The van der Waals surface area contributed by atoms with Gasteiger partial charge in [0.05, 0.1) is 5.56 Å². The van der Waals surface area contributed by atoms with Crippen molar-refractivity contribution in [3.8, 4) is 0 Å². The summed E-state index contributed by atoms with van der Waals surface area (Å²) in [4.78, 5) is 34.7. The average Bonchev–Trinajstić information content (AvgIpc) is 2.96. The highest BCUT2D eigenvalue weighted by atomic mass is 19.1. The first-order valence-corrected chi connectivity index (χ1v) is 9.20. The number of halogens is 1. The Bertz CT molecular complexity index is 680. The minimum Gasteiger partial charge on any atom is -0.481 e. The fourth-order valence-electron chi connectivity index (χ4n) is 3.50. The normalized spacial score (nSPS) is 20.0. The maximum Gasteiger partial charge on any atom is 0.303 e. The molecule has 1 aromatic rings. The van der Waals surface area contributed by atoms with Gasteiger partial charge in [-0.15, -0.1) is 0 Å². The topological polar surface area (TPSA) is 71.4 Å². The molecule has 2 unspecified atom stereocenters. The molecule has 140 valence electrons. The Balaban J connectivity index is 1.84. The molecule has 2 rings (SSSR count). The molecule has 1 aliphatic carbocycles. The number of benzene rings is 1. The fourth-order valence-corrected chi connectivity index (χ4v) is 3.50. The maximum absolute atomic E-state index is 13.7. The summed E-state index contributed by atoms with van der Waals surface area (Å²) < 4.78 is 13.7. The number of carboxylic acid groups (broad SMARTS) is 1. The van der Waals surface area contributed by atoms with Gasteiger partial charge in [0.25, 0.3) is 0 Å². The molecule has 1 fully saturated rings. The third kappa shape index (κ3) is 5.90. The number of allylic oxidation sites excluding steroid dienone is 2. The van der Waals surface area contributed by atoms with E-state index in [2.05, 4.69) is 0 Å². The van der Waals surface area contributed by atoms with Crippen LogP contribution in [0.5, 0.6) is 0 Å². The van der Waals surface area contributed by atoms with E-state index in [0.29, 0.717) is 12.8 Å². The molecular formula is C21H25FO4. The van der Waals surface area contributed by atoms with Crippen LogP contribution in [0.1, 0.15) is 61.7 Å². The second kappa shape index (κ2) is 10.00. The van der Waals surface area contributed by atoms with Crippen molar-refractivity contribution in [3.63, 3.8) is 0 Å². The van der Waals surface area contributed by atoms with Crippen LogP contribution in [0.25, 0.3) is 0 Å². The monoisotopic (exact) mass is 360 g/mol. The lowest BCUT2D eigenvalue weighted by molar-refractivity contribution is -0.137. The summed E-state index contributed by atoms with van der Waals surface area (Å²) in [6.45, 7) is 0. The number of carbonyl (C=O) groups is 3. The number of hydrogen-bond acceptors (Lipinski definition) is 3. The zero-order valence-electron chi connectivity index (χ0n) is 14.8. The highest BCUT2D eigenvalue weighted by Gasteiger charge is 2.32. The Hall–Kier alpha value is -2.30. The molecule has 0 bridgehead atoms. The molecule has 0 aliphatic heterocycles. The molecule has 0 spiro atoms. The van der Waals surface area contributed by atoms with Crippen LogP contribution in [0.2, 0.25) is 0 Å². The van der Waals surface area contributed by atoms with E-state index in [1.807, 2.05) is 0 Å². The van der Waals surface area contributed by atoms with Gasteiger partial charge in [0.1, 0.15) is 11.6 Å². The predicted octanol–water partition coefficient (Wildman–Crippen LogP) is 4.59. The zero-order valence-corrected chi connectivity index (χ0v) is 14.8. The van der Waals surface area contributed by atoms with Crippen LogP contribution in [-0.2, 0) is 9.59 Å². The lowest BCUT2D eigenvalue weighted by Gasteiger charge is -2.14. The number of aliphatic carboxylic acids is 1. The third-order valence-electron chi connectivity index (χ3n) is 4.94. The first-order chi connectivity index (χ1) is 12.5. The maximum atomic E-state index is 13.7. The van der Waals surface area contributed by atoms with Gasteiger partial charge in [-0.3, -0.25) is 14.4 Å². The lowest BCUT2D eigenvalue weighted by Crippen LogP contribution is -2.13. The van der Waals surface area contributed by atoms with Gasteiger partial charge in [-0.05, 0) is 43.4 Å². The van der Waals surface area contributed by atoms with Crippen molar-refractivity contribution >= 4 is 17.5 Å². The molecule has 0 saturated heterocycles. The lowest BCUT2D eigenvalue weighted by atomic mass is 9.89. The van der Waals surface area contributed by atoms with Gasteiger partial charge < -0.3 is 5.11 Å². The van der Waals surface area contributed by atoms with E-state index in [-0.39, 0.29) is 35.4 Å². The Morgan fingerprint density at radius 2 is 1.88 bits per heavy atom. The van der Waals surface area contributed by atoms with Crippen LogP contribution in [0.15, 0.2) is 36.4 Å². The molecule has 5 heteroatoms. The van der Waals surface area contributed by atoms with Crippen molar-refractivity contribution in [1.29, 1.82) is 0 Å². The molecule has 0 amide bonds. The van der Waals surface area contributed by atoms with Gasteiger partial charge in [0.2, 0.25) is 0 Å². The highest BCUT2D eigenvalue weighted by Crippen LogP contribution is 2.34. The van der Waals surface area contributed by atoms with Crippen molar-refractivity contribution in [2.45, 2.75) is 51.4 Å². The molecule has 4 nitrogen and oxygen atoms in total. The van der Waals surface area contributed by atoms with E-state index in [1.54, 1.807) is 12.1 Å². The van der Waals surface area contributed by atoms with Gasteiger partial charge in [-0.2, -0.15) is 0 Å². The molecule has 1 aliphatic rings. The van der Waals surface area contributed by atoms with Crippen molar-refractivity contribution in [2.75, 3.05) is 0 Å². The third-order valence-corrected chi connectivity index (χ3v) is 4.94. The van der Waals surface area contributed by atoms with E-state index in [1.165, 1.54) is 24.3 Å². The first kappa shape index (κ1) is 20.0. The molecule has 2 atom stereocenters. The Morgan fingerprint density at radius 1 is 1.15 bits per heavy atom. The van der Waals surface area contributed by atoms with Crippen LogP contribution < -0.4 is 0 Å². The predicted molar refractivity (Wildman–Crippen MR) is 96.4 cm³/mol. The van der Waals surface area contributed by atoms with Gasteiger partial charge >= 0.3 is 5.97 Å². The van der Waals surface area contributed by atoms with Crippen molar-refractivity contribution in [3.05, 3.63) is 47.8 Å². The molecule has 0 radical (unpaired) electrons. The second-order valence-electron chi connectivity index (χ2n) is 6.83. The number of carbonyl (C=O) groups excluding carboxylic acids is 2. The minimum atomic E-state index is -0.777. The van der Waals surface area contributed by atoms with Crippen molar-refractivity contribution in [1.82, 2.24) is 0 Å². The number of unbranched alkanes of at least 4 members (excludes halogenated alkanes) is 3. The summed E-state index contributed by atoms with van der Waals surface area (Å²) in [6.07, 6.45) is 8.63. The second-order valence-corrected chi connectivity index (χ2v) is 6.83. The van der Waals surface area contributed by atoms with E-state index < -0.39 is 11.8 Å². The number of Topliss-reactive ketones (excluding diaryl/α,β-unsaturated/α-hetero) is 1. The molecular weight excluding hydrogens is 335 g/mol. The molecule has 1 N–H and O–H groups in total. The average molecular weight is 360 g/mol. The standard InChI is InChI=1S/C21H25FO4/c22-18-9-6-5-8-17(18)20(24)14-12-15-11-13-19(23)16(15)7-3-1-2-4-10-21(25)26/h5-6,8-9,12,14-16H,1-4,7,10-11,13H2,(H,25,26)/b14-12+. The van der Waals surface area contributed by atoms with Crippen LogP contribution in [0.4, 0.5) is 4.39 Å². The molecule has 1 aromatic carbocycles. The van der Waals surface area contributed by atoms with E-state index in [9.17, 15) is 18.8 Å². The smallest absolute Gasteiger partial charge is 0.303 e. The summed E-state index contributed by atoms with van der Waals surface area (Å²) in [6, 6.07) is 5.87. The highest BCUT2D eigenvalue weighted by molar-refractivity contribution is 6.04. The Morgan fingerprint density at radius 3 is 2.62 bits per heavy atom. The van der Waals surface area contributed by atoms with Crippen LogP contribution in [-0.4, -0.2) is 22.6 Å². The summed E-state index contributed by atoms with van der Waals surface area (Å²) in [5.74, 6) is -1.53. The minimum absolute atomic E-state index is 0.0252. The fraction of sp³-hybridized carbons (Fsp3) is 0.476. The Kier molecular flexibility index (Phi) is 7.70. The summed E-state index contributed by atoms with van der Waals surface area (Å²) in [5, 5.41) is 8.61. The number of ketones is 2. The number of hydrogen-bond donors (Lipinski definition) is 1.